The van der Waals surface area contributed by atoms with Gasteiger partial charge in [0.15, 0.2) is 24.6 Å². The molecule has 0 bridgehead atoms. The molecule has 0 spiro atoms. The minimum atomic E-state index is -4.18. The monoisotopic (exact) mass is 508 g/mol. The quantitative estimate of drug-likeness (QED) is 0.394. The summed E-state index contributed by atoms with van der Waals surface area (Å²) in [5, 5.41) is 4.33. The van der Waals surface area contributed by atoms with Crippen molar-refractivity contribution in [2.24, 2.45) is 0 Å². The number of methoxy groups -OCH3 is 3. The lowest BCUT2D eigenvalue weighted by molar-refractivity contribution is 0.274. The fourth-order valence-electron chi connectivity index (χ4n) is 3.14. The van der Waals surface area contributed by atoms with E-state index in [0.717, 1.165) is 5.56 Å². The molecular formula is C23H32N2O7SSi. The maximum absolute atomic E-state index is 13.4. The van der Waals surface area contributed by atoms with E-state index in [9.17, 15) is 8.42 Å². The summed E-state index contributed by atoms with van der Waals surface area (Å²) in [7, 11) is -1.90. The van der Waals surface area contributed by atoms with E-state index in [4.69, 9.17) is 23.2 Å². The lowest BCUT2D eigenvalue weighted by Crippen LogP contribution is -2.40. The molecule has 0 aliphatic heterocycles. The summed E-state index contributed by atoms with van der Waals surface area (Å²) < 4.78 is 57.2. The van der Waals surface area contributed by atoms with Gasteiger partial charge in [-0.15, -0.1) is 0 Å². The topological polar surface area (TPSA) is 109 Å². The third-order valence-corrected chi connectivity index (χ3v) is 12.0. The van der Waals surface area contributed by atoms with E-state index >= 15 is 0 Å². The third-order valence-electron chi connectivity index (χ3n) is 6.11. The lowest BCUT2D eigenvalue weighted by atomic mass is 10.2. The number of nitrogens with zero attached hydrogens (tertiary/aromatic N) is 1. The van der Waals surface area contributed by atoms with Crippen LogP contribution in [0.2, 0.25) is 18.1 Å². The van der Waals surface area contributed by atoms with Gasteiger partial charge in [0.1, 0.15) is 22.6 Å². The average Bonchev–Trinajstić information content (AvgIpc) is 3.18. The highest BCUT2D eigenvalue weighted by atomic mass is 32.2. The standard InChI is InChI=1S/C23H32N2O7SSi/c1-23(2,3)34(7,8)31-14-15-12-18(29-5)21(19(13-15)30-6)33(26,27)25-22-20-16(28-4)10-9-11-17(20)32-24-22/h9-13H,14H2,1-8H3,(H,24,25). The Bertz CT molecular complexity index is 1260. The minimum Gasteiger partial charge on any atom is -0.496 e. The number of rotatable bonds is 9. The van der Waals surface area contributed by atoms with Gasteiger partial charge in [0.25, 0.3) is 10.0 Å². The summed E-state index contributed by atoms with van der Waals surface area (Å²) in [5.41, 5.74) is 1.13. The molecule has 3 rings (SSSR count). The van der Waals surface area contributed by atoms with Crippen molar-refractivity contribution in [3.8, 4) is 17.2 Å². The van der Waals surface area contributed by atoms with Gasteiger partial charge in [-0.2, -0.15) is 0 Å². The molecule has 0 radical (unpaired) electrons. The van der Waals surface area contributed by atoms with Crippen LogP contribution in [-0.2, 0) is 21.1 Å². The number of sulfonamides is 1. The summed E-state index contributed by atoms with van der Waals surface area (Å²) >= 11 is 0. The summed E-state index contributed by atoms with van der Waals surface area (Å²) in [6.07, 6.45) is 0. The van der Waals surface area contributed by atoms with Gasteiger partial charge < -0.3 is 23.2 Å². The second-order valence-electron chi connectivity index (χ2n) is 9.35. The molecular weight excluding hydrogens is 476 g/mol. The van der Waals surface area contributed by atoms with Crippen LogP contribution in [0, 0.1) is 0 Å². The molecule has 1 N–H and O–H groups in total. The first-order valence-electron chi connectivity index (χ1n) is 10.7. The second-order valence-corrected chi connectivity index (χ2v) is 15.8. The zero-order valence-electron chi connectivity index (χ0n) is 20.8. The van der Waals surface area contributed by atoms with Gasteiger partial charge in [-0.25, -0.2) is 8.42 Å². The molecule has 186 valence electrons. The summed E-state index contributed by atoms with van der Waals surface area (Å²) in [5.74, 6) is 0.677. The van der Waals surface area contributed by atoms with Gasteiger partial charge in [0.05, 0.1) is 27.9 Å². The zero-order chi connectivity index (χ0) is 25.3. The zero-order valence-corrected chi connectivity index (χ0v) is 22.6. The Morgan fingerprint density at radius 3 is 2.12 bits per heavy atom. The highest BCUT2D eigenvalue weighted by molar-refractivity contribution is 7.93. The van der Waals surface area contributed by atoms with Gasteiger partial charge in [-0.3, -0.25) is 4.72 Å². The first-order valence-corrected chi connectivity index (χ1v) is 15.1. The maximum Gasteiger partial charge on any atom is 0.270 e. The number of hydrogen-bond donors (Lipinski definition) is 1. The van der Waals surface area contributed by atoms with Crippen LogP contribution >= 0.6 is 0 Å². The van der Waals surface area contributed by atoms with Gasteiger partial charge in [0, 0.05) is 0 Å². The SMILES string of the molecule is COc1cc(CO[Si](C)(C)C(C)(C)C)cc(OC)c1S(=O)(=O)Nc1noc2cccc(OC)c12. The number of hydrogen-bond acceptors (Lipinski definition) is 8. The van der Waals surface area contributed by atoms with Crippen LogP contribution in [-0.4, -0.2) is 43.2 Å². The average molecular weight is 509 g/mol. The number of aromatic nitrogens is 1. The molecule has 0 amide bonds. The Labute approximate surface area is 201 Å². The van der Waals surface area contributed by atoms with E-state index < -0.39 is 18.3 Å². The van der Waals surface area contributed by atoms with Crippen molar-refractivity contribution in [3.63, 3.8) is 0 Å². The highest BCUT2D eigenvalue weighted by Gasteiger charge is 2.37. The second kappa shape index (κ2) is 9.47. The normalized spacial score (nSPS) is 12.6. The molecule has 0 fully saturated rings. The predicted octanol–water partition coefficient (Wildman–Crippen LogP) is 5.18. The molecule has 2 aromatic carbocycles. The van der Waals surface area contributed by atoms with Crippen LogP contribution in [0.1, 0.15) is 26.3 Å². The maximum atomic E-state index is 13.4. The first-order chi connectivity index (χ1) is 15.8. The molecule has 0 unspecified atom stereocenters. The molecule has 0 aliphatic rings. The van der Waals surface area contributed by atoms with Crippen LogP contribution in [0.25, 0.3) is 11.0 Å². The molecule has 0 saturated carbocycles. The van der Waals surface area contributed by atoms with Gasteiger partial charge in [0.2, 0.25) is 0 Å². The van der Waals surface area contributed by atoms with Gasteiger partial charge in [-0.1, -0.05) is 32.0 Å². The Morgan fingerprint density at radius 1 is 1.00 bits per heavy atom. The molecule has 1 heterocycles. The van der Waals surface area contributed by atoms with Crippen molar-refractivity contribution < 1.29 is 31.6 Å². The summed E-state index contributed by atoms with van der Waals surface area (Å²) in [4.78, 5) is -0.153. The smallest absolute Gasteiger partial charge is 0.270 e. The number of benzene rings is 2. The molecule has 0 aliphatic carbocycles. The van der Waals surface area contributed by atoms with E-state index in [2.05, 4.69) is 43.7 Å². The number of nitrogens with one attached hydrogen (secondary N) is 1. The summed E-state index contributed by atoms with van der Waals surface area (Å²) in [6, 6.07) is 8.37. The first kappa shape index (κ1) is 25.9. The van der Waals surface area contributed by atoms with Crippen molar-refractivity contribution in [2.45, 2.75) is 50.4 Å². The fourth-order valence-corrected chi connectivity index (χ4v) is 5.41. The van der Waals surface area contributed by atoms with Crippen molar-refractivity contribution in [1.82, 2.24) is 5.16 Å². The van der Waals surface area contributed by atoms with Crippen molar-refractivity contribution in [3.05, 3.63) is 35.9 Å². The number of ether oxygens (including phenoxy) is 3. The molecule has 9 nitrogen and oxygen atoms in total. The van der Waals surface area contributed by atoms with Crippen LogP contribution in [0.15, 0.2) is 39.8 Å². The van der Waals surface area contributed by atoms with Crippen molar-refractivity contribution >= 4 is 35.1 Å². The van der Waals surface area contributed by atoms with Crippen LogP contribution in [0.4, 0.5) is 5.82 Å². The van der Waals surface area contributed by atoms with E-state index in [1.807, 2.05) is 0 Å². The predicted molar refractivity (Wildman–Crippen MR) is 133 cm³/mol. The molecule has 3 aromatic rings. The molecule has 0 saturated heterocycles. The van der Waals surface area contributed by atoms with Crippen LogP contribution in [0.3, 0.4) is 0 Å². The van der Waals surface area contributed by atoms with E-state index in [1.165, 1.54) is 21.3 Å². The van der Waals surface area contributed by atoms with Crippen LogP contribution in [0.5, 0.6) is 17.2 Å². The van der Waals surface area contributed by atoms with E-state index in [0.29, 0.717) is 23.3 Å². The Hall–Kier alpha value is -2.76. The highest BCUT2D eigenvalue weighted by Crippen LogP contribution is 2.40. The van der Waals surface area contributed by atoms with Gasteiger partial charge >= 0.3 is 0 Å². The Morgan fingerprint density at radius 2 is 1.59 bits per heavy atom. The molecule has 0 atom stereocenters. The third kappa shape index (κ3) is 5.01. The largest absolute Gasteiger partial charge is 0.496 e. The van der Waals surface area contributed by atoms with E-state index in [-0.39, 0.29) is 27.3 Å². The van der Waals surface area contributed by atoms with Crippen molar-refractivity contribution in [1.29, 1.82) is 0 Å². The number of anilines is 1. The Balaban J connectivity index is 2.00. The summed E-state index contributed by atoms with van der Waals surface area (Å²) in [6.45, 7) is 11.1. The van der Waals surface area contributed by atoms with E-state index in [1.54, 1.807) is 30.3 Å². The van der Waals surface area contributed by atoms with Crippen molar-refractivity contribution in [2.75, 3.05) is 26.1 Å². The van der Waals surface area contributed by atoms with Crippen LogP contribution < -0.4 is 18.9 Å². The van der Waals surface area contributed by atoms with Gasteiger partial charge in [-0.05, 0) is 48.0 Å². The molecule has 1 aromatic heterocycles. The number of fused-ring (bicyclic) bond motifs is 1. The minimum absolute atomic E-state index is 0.00175. The Kier molecular flexibility index (Phi) is 7.20. The lowest BCUT2D eigenvalue weighted by Gasteiger charge is -2.36. The fraction of sp³-hybridized carbons (Fsp3) is 0.435. The molecule has 34 heavy (non-hydrogen) atoms. The molecule has 11 heteroatoms.